The number of nitrogens with one attached hydrogen (secondary N) is 1. The average Bonchev–Trinajstić information content (AvgIpc) is 2.41. The first-order valence-electron chi connectivity index (χ1n) is 7.43. The summed E-state index contributed by atoms with van der Waals surface area (Å²) in [5.41, 5.74) is 1.44. The van der Waals surface area contributed by atoms with E-state index >= 15 is 0 Å². The van der Waals surface area contributed by atoms with Crippen molar-refractivity contribution in [2.75, 3.05) is 26.9 Å². The predicted octanol–water partition coefficient (Wildman–Crippen LogP) is 3.38. The zero-order chi connectivity index (χ0) is 15.0. The van der Waals surface area contributed by atoms with Crippen molar-refractivity contribution in [3.8, 4) is 5.75 Å². The fourth-order valence-corrected chi connectivity index (χ4v) is 1.96. The molecular formula is C17H29NO2. The van der Waals surface area contributed by atoms with Crippen LogP contribution in [0.5, 0.6) is 5.75 Å². The van der Waals surface area contributed by atoms with E-state index < -0.39 is 0 Å². The van der Waals surface area contributed by atoms with E-state index in [-0.39, 0.29) is 11.5 Å². The quantitative estimate of drug-likeness (QED) is 0.791. The Bertz CT molecular complexity index is 385. The molecule has 1 rings (SSSR count). The maximum atomic E-state index is 5.91. The molecule has 0 fully saturated rings. The van der Waals surface area contributed by atoms with Gasteiger partial charge in [-0.15, -0.1) is 0 Å². The molecule has 1 N–H and O–H groups in total. The van der Waals surface area contributed by atoms with Gasteiger partial charge < -0.3 is 14.8 Å². The topological polar surface area (TPSA) is 30.5 Å². The molecular weight excluding hydrogens is 250 g/mol. The summed E-state index contributed by atoms with van der Waals surface area (Å²) in [4.78, 5) is 0. The monoisotopic (exact) mass is 279 g/mol. The SMILES string of the molecule is CCCNC(COC)COc1cccc(C(C)(C)C)c1. The van der Waals surface area contributed by atoms with Crippen molar-refractivity contribution >= 4 is 0 Å². The van der Waals surface area contributed by atoms with E-state index in [4.69, 9.17) is 9.47 Å². The number of hydrogen-bond donors (Lipinski definition) is 1. The molecule has 1 unspecified atom stereocenters. The van der Waals surface area contributed by atoms with Gasteiger partial charge in [-0.3, -0.25) is 0 Å². The Balaban J connectivity index is 2.58. The number of methoxy groups -OCH3 is 1. The predicted molar refractivity (Wildman–Crippen MR) is 84.6 cm³/mol. The molecule has 3 heteroatoms. The van der Waals surface area contributed by atoms with E-state index in [1.165, 1.54) is 5.56 Å². The standard InChI is InChI=1S/C17H29NO2/c1-6-10-18-15(12-19-5)13-20-16-9-7-8-14(11-16)17(2,3)4/h7-9,11,15,18H,6,10,12-13H2,1-5H3. The van der Waals surface area contributed by atoms with Crippen LogP contribution in [0.25, 0.3) is 0 Å². The summed E-state index contributed by atoms with van der Waals surface area (Å²) in [7, 11) is 1.72. The highest BCUT2D eigenvalue weighted by atomic mass is 16.5. The summed E-state index contributed by atoms with van der Waals surface area (Å²) in [6.45, 7) is 11.1. The van der Waals surface area contributed by atoms with E-state index in [0.29, 0.717) is 13.2 Å². The minimum Gasteiger partial charge on any atom is -0.492 e. The van der Waals surface area contributed by atoms with E-state index in [0.717, 1.165) is 18.7 Å². The van der Waals surface area contributed by atoms with Crippen molar-refractivity contribution in [3.63, 3.8) is 0 Å². The lowest BCUT2D eigenvalue weighted by Gasteiger charge is -2.21. The third-order valence-electron chi connectivity index (χ3n) is 3.20. The first-order valence-corrected chi connectivity index (χ1v) is 7.43. The molecule has 0 heterocycles. The molecule has 114 valence electrons. The molecule has 0 saturated carbocycles. The third kappa shape index (κ3) is 5.93. The van der Waals surface area contributed by atoms with Gasteiger partial charge in [-0.05, 0) is 36.1 Å². The lowest BCUT2D eigenvalue weighted by molar-refractivity contribution is 0.136. The maximum Gasteiger partial charge on any atom is 0.119 e. The smallest absolute Gasteiger partial charge is 0.119 e. The maximum absolute atomic E-state index is 5.91. The Morgan fingerprint density at radius 3 is 2.55 bits per heavy atom. The summed E-state index contributed by atoms with van der Waals surface area (Å²) < 4.78 is 11.1. The molecule has 1 aromatic carbocycles. The van der Waals surface area contributed by atoms with Crippen LogP contribution in [-0.4, -0.2) is 32.9 Å². The van der Waals surface area contributed by atoms with Crippen molar-refractivity contribution < 1.29 is 9.47 Å². The van der Waals surface area contributed by atoms with Gasteiger partial charge in [0.2, 0.25) is 0 Å². The molecule has 1 atom stereocenters. The number of hydrogen-bond acceptors (Lipinski definition) is 3. The Morgan fingerprint density at radius 2 is 1.95 bits per heavy atom. The summed E-state index contributed by atoms with van der Waals surface area (Å²) in [6.07, 6.45) is 1.11. The molecule has 0 spiro atoms. The molecule has 20 heavy (non-hydrogen) atoms. The second-order valence-corrected chi connectivity index (χ2v) is 6.20. The van der Waals surface area contributed by atoms with Gasteiger partial charge in [-0.25, -0.2) is 0 Å². The minimum absolute atomic E-state index is 0.145. The Kier molecular flexibility index (Phi) is 7.03. The molecule has 0 aliphatic rings. The van der Waals surface area contributed by atoms with Gasteiger partial charge in [0.25, 0.3) is 0 Å². The van der Waals surface area contributed by atoms with E-state index in [2.05, 4.69) is 51.2 Å². The van der Waals surface area contributed by atoms with Crippen LogP contribution < -0.4 is 10.1 Å². The van der Waals surface area contributed by atoms with Crippen LogP contribution in [0.15, 0.2) is 24.3 Å². The van der Waals surface area contributed by atoms with Crippen molar-refractivity contribution in [2.24, 2.45) is 0 Å². The molecule has 3 nitrogen and oxygen atoms in total. The third-order valence-corrected chi connectivity index (χ3v) is 3.20. The van der Waals surface area contributed by atoms with Crippen molar-refractivity contribution in [1.29, 1.82) is 0 Å². The fraction of sp³-hybridized carbons (Fsp3) is 0.647. The second kappa shape index (κ2) is 8.28. The van der Waals surface area contributed by atoms with Crippen molar-refractivity contribution in [3.05, 3.63) is 29.8 Å². The van der Waals surface area contributed by atoms with Crippen molar-refractivity contribution in [1.82, 2.24) is 5.32 Å². The van der Waals surface area contributed by atoms with Gasteiger partial charge in [-0.2, -0.15) is 0 Å². The molecule has 0 aliphatic heterocycles. The average molecular weight is 279 g/mol. The molecule has 0 saturated heterocycles. The summed E-state index contributed by atoms with van der Waals surface area (Å²) in [5, 5.41) is 3.44. The van der Waals surface area contributed by atoms with Crippen LogP contribution in [0.2, 0.25) is 0 Å². The number of benzene rings is 1. The van der Waals surface area contributed by atoms with E-state index in [1.54, 1.807) is 7.11 Å². The summed E-state index contributed by atoms with van der Waals surface area (Å²) in [5.74, 6) is 0.928. The molecule has 0 bridgehead atoms. The van der Waals surface area contributed by atoms with Gasteiger partial charge >= 0.3 is 0 Å². The summed E-state index contributed by atoms with van der Waals surface area (Å²) >= 11 is 0. The molecule has 0 radical (unpaired) electrons. The fourth-order valence-electron chi connectivity index (χ4n) is 1.96. The first kappa shape index (κ1) is 17.0. The molecule has 0 aliphatic carbocycles. The van der Waals surface area contributed by atoms with E-state index in [9.17, 15) is 0 Å². The molecule has 1 aromatic rings. The minimum atomic E-state index is 0.145. The first-order chi connectivity index (χ1) is 9.47. The highest BCUT2D eigenvalue weighted by molar-refractivity contribution is 5.32. The van der Waals surface area contributed by atoms with Crippen LogP contribution in [0, 0.1) is 0 Å². The van der Waals surface area contributed by atoms with Gasteiger partial charge in [0, 0.05) is 7.11 Å². The zero-order valence-corrected chi connectivity index (χ0v) is 13.5. The molecule has 0 amide bonds. The van der Waals surface area contributed by atoms with Crippen LogP contribution in [0.4, 0.5) is 0 Å². The van der Waals surface area contributed by atoms with Gasteiger partial charge in [0.1, 0.15) is 12.4 Å². The van der Waals surface area contributed by atoms with E-state index in [1.807, 2.05) is 6.07 Å². The lowest BCUT2D eigenvalue weighted by Crippen LogP contribution is -2.38. The second-order valence-electron chi connectivity index (χ2n) is 6.20. The van der Waals surface area contributed by atoms with Crippen LogP contribution in [-0.2, 0) is 10.2 Å². The highest BCUT2D eigenvalue weighted by Gasteiger charge is 2.14. The Morgan fingerprint density at radius 1 is 1.20 bits per heavy atom. The largest absolute Gasteiger partial charge is 0.492 e. The lowest BCUT2D eigenvalue weighted by atomic mass is 9.87. The Hall–Kier alpha value is -1.06. The number of ether oxygens (including phenoxy) is 2. The van der Waals surface area contributed by atoms with Crippen LogP contribution >= 0.6 is 0 Å². The Labute approximate surface area is 123 Å². The normalized spacial score (nSPS) is 13.2. The highest BCUT2D eigenvalue weighted by Crippen LogP contribution is 2.25. The zero-order valence-electron chi connectivity index (χ0n) is 13.5. The molecule has 0 aromatic heterocycles. The summed E-state index contributed by atoms with van der Waals surface area (Å²) in [6, 6.07) is 8.58. The van der Waals surface area contributed by atoms with Gasteiger partial charge in [0.15, 0.2) is 0 Å². The van der Waals surface area contributed by atoms with Gasteiger partial charge in [0.05, 0.1) is 12.6 Å². The van der Waals surface area contributed by atoms with Crippen LogP contribution in [0.3, 0.4) is 0 Å². The van der Waals surface area contributed by atoms with Gasteiger partial charge in [-0.1, -0.05) is 39.8 Å². The number of rotatable bonds is 8. The van der Waals surface area contributed by atoms with Crippen molar-refractivity contribution in [2.45, 2.75) is 45.6 Å². The van der Waals surface area contributed by atoms with Crippen LogP contribution in [0.1, 0.15) is 39.7 Å².